The summed E-state index contributed by atoms with van der Waals surface area (Å²) in [5.74, 6) is 5.46. The Kier molecular flexibility index (Phi) is 2.00. The zero-order valence-corrected chi connectivity index (χ0v) is 8.10. The van der Waals surface area contributed by atoms with Gasteiger partial charge in [0.25, 0.3) is 0 Å². The number of hydrogen-bond acceptors (Lipinski definition) is 3. The van der Waals surface area contributed by atoms with Crippen LogP contribution >= 0.6 is 0 Å². The summed E-state index contributed by atoms with van der Waals surface area (Å²) in [6, 6.07) is 3.77. The summed E-state index contributed by atoms with van der Waals surface area (Å²) < 4.78 is 0. The Morgan fingerprint density at radius 2 is 2.07 bits per heavy atom. The summed E-state index contributed by atoms with van der Waals surface area (Å²) in [6.07, 6.45) is 5.19. The molecule has 4 heteroatoms. The predicted octanol–water partition coefficient (Wildman–Crippen LogP) is 0.445. The van der Waals surface area contributed by atoms with Crippen molar-refractivity contribution in [2.75, 3.05) is 7.05 Å². The molecule has 2 rings (SSSR count). The number of likely N-dealkylation sites (N-methyl/N-ethyl adjacent to an activating group) is 1. The van der Waals surface area contributed by atoms with E-state index < -0.39 is 0 Å². The quantitative estimate of drug-likeness (QED) is 0.419. The lowest BCUT2D eigenvalue weighted by Gasteiger charge is -2.19. The zero-order chi connectivity index (χ0) is 10.2. The molecule has 14 heavy (non-hydrogen) atoms. The molecule has 1 aliphatic carbocycles. The van der Waals surface area contributed by atoms with Gasteiger partial charge in [0.05, 0.1) is 5.41 Å². The monoisotopic (exact) mass is 191 g/mol. The van der Waals surface area contributed by atoms with Crippen LogP contribution in [0.15, 0.2) is 24.5 Å². The predicted molar refractivity (Wildman–Crippen MR) is 52.1 cm³/mol. The van der Waals surface area contributed by atoms with Gasteiger partial charge in [-0.25, -0.2) is 5.84 Å². The number of hydrogen-bond donors (Lipinski definition) is 1. The molecule has 0 saturated heterocycles. The number of pyridine rings is 1. The Hall–Kier alpha value is -1.42. The van der Waals surface area contributed by atoms with Crippen molar-refractivity contribution in [2.45, 2.75) is 18.3 Å². The van der Waals surface area contributed by atoms with E-state index in [2.05, 4.69) is 4.98 Å². The molecule has 1 amide bonds. The minimum Gasteiger partial charge on any atom is -0.283 e. The fraction of sp³-hybridized carbons (Fsp3) is 0.400. The largest absolute Gasteiger partial charge is 0.283 e. The molecular formula is C10H13N3O. The summed E-state index contributed by atoms with van der Waals surface area (Å²) in [6.45, 7) is 0. The van der Waals surface area contributed by atoms with E-state index in [4.69, 9.17) is 5.84 Å². The molecule has 1 aromatic rings. The first-order valence-corrected chi connectivity index (χ1v) is 4.60. The van der Waals surface area contributed by atoms with Gasteiger partial charge in [-0.2, -0.15) is 0 Å². The highest BCUT2D eigenvalue weighted by Crippen LogP contribution is 2.48. The molecule has 2 N–H and O–H groups in total. The topological polar surface area (TPSA) is 59.2 Å². The molecule has 1 aromatic heterocycles. The van der Waals surface area contributed by atoms with Crippen molar-refractivity contribution < 1.29 is 4.79 Å². The summed E-state index contributed by atoms with van der Waals surface area (Å²) in [4.78, 5) is 15.7. The van der Waals surface area contributed by atoms with E-state index in [1.807, 2.05) is 12.1 Å². The van der Waals surface area contributed by atoms with E-state index in [1.54, 1.807) is 19.4 Å². The average Bonchev–Trinajstić information content (AvgIpc) is 2.99. The number of carbonyl (C=O) groups excluding carboxylic acids is 1. The van der Waals surface area contributed by atoms with Gasteiger partial charge in [-0.1, -0.05) is 0 Å². The molecule has 0 radical (unpaired) electrons. The zero-order valence-electron chi connectivity index (χ0n) is 8.10. The Morgan fingerprint density at radius 1 is 1.50 bits per heavy atom. The molecule has 0 atom stereocenters. The first-order chi connectivity index (χ1) is 6.67. The minimum absolute atomic E-state index is 0.0105. The third kappa shape index (κ3) is 1.28. The van der Waals surface area contributed by atoms with Crippen molar-refractivity contribution in [3.8, 4) is 0 Å². The molecule has 0 unspecified atom stereocenters. The van der Waals surface area contributed by atoms with E-state index in [0.717, 1.165) is 18.4 Å². The Balaban J connectivity index is 2.30. The number of hydrazine groups is 1. The molecule has 0 spiro atoms. The molecule has 1 saturated carbocycles. The molecule has 1 fully saturated rings. The van der Waals surface area contributed by atoms with Crippen molar-refractivity contribution in [1.82, 2.24) is 9.99 Å². The first kappa shape index (κ1) is 9.15. The number of nitrogens with zero attached hydrogens (tertiary/aromatic N) is 2. The molecule has 1 aliphatic rings. The average molecular weight is 191 g/mol. The number of amides is 1. The van der Waals surface area contributed by atoms with Gasteiger partial charge < -0.3 is 0 Å². The third-order valence-corrected chi connectivity index (χ3v) is 2.71. The van der Waals surface area contributed by atoms with Crippen LogP contribution in [0.2, 0.25) is 0 Å². The van der Waals surface area contributed by atoms with Crippen LogP contribution in [-0.4, -0.2) is 22.9 Å². The molecule has 1 heterocycles. The summed E-state index contributed by atoms with van der Waals surface area (Å²) in [5, 5.41) is 1.17. The standard InChI is InChI=1S/C10H13N3O/c1-13(11)9(14)10(4-5-10)8-2-6-12-7-3-8/h2-3,6-7H,4-5,11H2,1H3. The fourth-order valence-corrected chi connectivity index (χ4v) is 1.76. The Bertz CT molecular complexity index is 344. The molecule has 0 aromatic carbocycles. The molecule has 0 aliphatic heterocycles. The van der Waals surface area contributed by atoms with Gasteiger partial charge in [-0.05, 0) is 30.5 Å². The lowest BCUT2D eigenvalue weighted by atomic mass is 9.96. The number of carbonyl (C=O) groups is 1. The maximum absolute atomic E-state index is 11.8. The van der Waals surface area contributed by atoms with E-state index in [0.29, 0.717) is 0 Å². The van der Waals surface area contributed by atoms with E-state index >= 15 is 0 Å². The van der Waals surface area contributed by atoms with Crippen LogP contribution in [0.3, 0.4) is 0 Å². The van der Waals surface area contributed by atoms with Gasteiger partial charge in [0.1, 0.15) is 0 Å². The Labute approximate surface area is 82.7 Å². The van der Waals surface area contributed by atoms with Crippen molar-refractivity contribution in [2.24, 2.45) is 5.84 Å². The van der Waals surface area contributed by atoms with E-state index in [-0.39, 0.29) is 11.3 Å². The highest BCUT2D eigenvalue weighted by Gasteiger charge is 2.52. The van der Waals surface area contributed by atoms with Crippen LogP contribution in [0, 0.1) is 0 Å². The van der Waals surface area contributed by atoms with Gasteiger partial charge in [-0.3, -0.25) is 14.8 Å². The van der Waals surface area contributed by atoms with Gasteiger partial charge in [-0.15, -0.1) is 0 Å². The highest BCUT2D eigenvalue weighted by molar-refractivity contribution is 5.90. The highest BCUT2D eigenvalue weighted by atomic mass is 16.2. The summed E-state index contributed by atoms with van der Waals surface area (Å²) in [7, 11) is 1.59. The third-order valence-electron chi connectivity index (χ3n) is 2.71. The Morgan fingerprint density at radius 3 is 2.50 bits per heavy atom. The lowest BCUT2D eigenvalue weighted by Crippen LogP contribution is -2.41. The smallest absolute Gasteiger partial charge is 0.246 e. The van der Waals surface area contributed by atoms with Crippen LogP contribution in [0.5, 0.6) is 0 Å². The summed E-state index contributed by atoms with van der Waals surface area (Å²) in [5.41, 5.74) is 0.668. The van der Waals surface area contributed by atoms with Crippen LogP contribution in [0.1, 0.15) is 18.4 Å². The second-order valence-corrected chi connectivity index (χ2v) is 3.73. The van der Waals surface area contributed by atoms with Crippen LogP contribution < -0.4 is 5.84 Å². The minimum atomic E-state index is -0.355. The van der Waals surface area contributed by atoms with Crippen molar-refractivity contribution >= 4 is 5.91 Å². The molecule has 4 nitrogen and oxygen atoms in total. The van der Waals surface area contributed by atoms with Gasteiger partial charge in [0.2, 0.25) is 5.91 Å². The van der Waals surface area contributed by atoms with E-state index in [9.17, 15) is 4.79 Å². The fourth-order valence-electron chi connectivity index (χ4n) is 1.76. The first-order valence-electron chi connectivity index (χ1n) is 4.60. The van der Waals surface area contributed by atoms with Crippen molar-refractivity contribution in [3.05, 3.63) is 30.1 Å². The normalized spacial score (nSPS) is 17.6. The maximum atomic E-state index is 11.8. The molecule has 74 valence electrons. The maximum Gasteiger partial charge on any atom is 0.246 e. The van der Waals surface area contributed by atoms with Crippen molar-refractivity contribution in [1.29, 1.82) is 0 Å². The number of rotatable bonds is 2. The van der Waals surface area contributed by atoms with Gasteiger partial charge in [0, 0.05) is 19.4 Å². The molecule has 0 bridgehead atoms. The number of aromatic nitrogens is 1. The number of nitrogens with two attached hydrogens (primary N) is 1. The van der Waals surface area contributed by atoms with Gasteiger partial charge >= 0.3 is 0 Å². The van der Waals surface area contributed by atoms with Crippen LogP contribution in [-0.2, 0) is 10.2 Å². The van der Waals surface area contributed by atoms with Crippen LogP contribution in [0.4, 0.5) is 0 Å². The molecular weight excluding hydrogens is 178 g/mol. The van der Waals surface area contributed by atoms with E-state index in [1.165, 1.54) is 5.01 Å². The van der Waals surface area contributed by atoms with Crippen LogP contribution in [0.25, 0.3) is 0 Å². The second-order valence-electron chi connectivity index (χ2n) is 3.73. The second kappa shape index (κ2) is 3.06. The van der Waals surface area contributed by atoms with Gasteiger partial charge in [0.15, 0.2) is 0 Å². The summed E-state index contributed by atoms with van der Waals surface area (Å²) >= 11 is 0. The lowest BCUT2D eigenvalue weighted by molar-refractivity contribution is -0.132. The van der Waals surface area contributed by atoms with Crippen molar-refractivity contribution in [3.63, 3.8) is 0 Å². The SMILES string of the molecule is CN(N)C(=O)C1(c2ccncc2)CC1.